The molecule has 2 rings (SSSR count). The molecule has 0 saturated carbocycles. The van der Waals surface area contributed by atoms with Crippen LogP contribution < -0.4 is 5.32 Å². The Labute approximate surface area is 115 Å². The van der Waals surface area contributed by atoms with Gasteiger partial charge < -0.3 is 14.6 Å². The van der Waals surface area contributed by atoms with Crippen LogP contribution in [0, 0.1) is 0 Å². The van der Waals surface area contributed by atoms with Crippen molar-refractivity contribution in [3.63, 3.8) is 0 Å². The van der Waals surface area contributed by atoms with Crippen molar-refractivity contribution in [3.8, 4) is 0 Å². The average molecular weight is 260 g/mol. The Kier molecular flexibility index (Phi) is 5.00. The summed E-state index contributed by atoms with van der Waals surface area (Å²) < 4.78 is 7.57. The maximum atomic E-state index is 5.19. The first-order chi connectivity index (χ1) is 9.27. The van der Waals surface area contributed by atoms with Gasteiger partial charge in [0, 0.05) is 32.5 Å². The van der Waals surface area contributed by atoms with Crippen molar-refractivity contribution in [2.75, 3.05) is 20.3 Å². The number of hydrogen-bond acceptors (Lipinski definition) is 2. The summed E-state index contributed by atoms with van der Waals surface area (Å²) in [6, 6.07) is 9.20. The highest BCUT2D eigenvalue weighted by Gasteiger charge is 2.11. The second-order valence-electron chi connectivity index (χ2n) is 4.99. The molecule has 104 valence electrons. The second-order valence-corrected chi connectivity index (χ2v) is 4.99. The fourth-order valence-corrected chi connectivity index (χ4v) is 2.49. The highest BCUT2D eigenvalue weighted by atomic mass is 16.5. The van der Waals surface area contributed by atoms with Crippen molar-refractivity contribution < 1.29 is 4.74 Å². The molecule has 1 atom stereocenters. The van der Waals surface area contributed by atoms with Gasteiger partial charge in [0.1, 0.15) is 0 Å². The predicted octanol–water partition coefficient (Wildman–Crippen LogP) is 3.35. The van der Waals surface area contributed by atoms with Gasteiger partial charge in [-0.3, -0.25) is 0 Å². The predicted molar refractivity (Wildman–Crippen MR) is 80.5 cm³/mol. The van der Waals surface area contributed by atoms with Crippen molar-refractivity contribution in [3.05, 3.63) is 36.0 Å². The molecule has 0 radical (unpaired) electrons. The molecule has 1 heterocycles. The van der Waals surface area contributed by atoms with E-state index in [9.17, 15) is 0 Å². The molecule has 0 spiro atoms. The molecule has 0 aliphatic heterocycles. The first-order valence-electron chi connectivity index (χ1n) is 7.06. The first-order valence-corrected chi connectivity index (χ1v) is 7.06. The van der Waals surface area contributed by atoms with Crippen LogP contribution in [0.4, 0.5) is 0 Å². The Morgan fingerprint density at radius 3 is 2.89 bits per heavy atom. The molecule has 1 aromatic carbocycles. The van der Waals surface area contributed by atoms with Gasteiger partial charge in [0.2, 0.25) is 0 Å². The van der Waals surface area contributed by atoms with E-state index in [4.69, 9.17) is 4.74 Å². The van der Waals surface area contributed by atoms with Gasteiger partial charge in [0.25, 0.3) is 0 Å². The third-order valence-electron chi connectivity index (χ3n) is 3.60. The van der Waals surface area contributed by atoms with Crippen LogP contribution in [-0.4, -0.2) is 24.8 Å². The molecule has 2 aromatic rings. The Bertz CT molecular complexity index is 518. The van der Waals surface area contributed by atoms with E-state index in [1.165, 1.54) is 16.5 Å². The van der Waals surface area contributed by atoms with Crippen LogP contribution in [0.3, 0.4) is 0 Å². The number of nitrogens with zero attached hydrogens (tertiary/aromatic N) is 1. The van der Waals surface area contributed by atoms with Gasteiger partial charge in [-0.05, 0) is 36.9 Å². The number of rotatable bonds is 7. The van der Waals surface area contributed by atoms with E-state index < -0.39 is 0 Å². The Hall–Kier alpha value is -1.32. The standard InChI is InChI=1S/C16H24N2O/c1-4-17-12-15-7-5-6-14-8-10-18(16(14)15)13(2)9-11-19-3/h5-8,10,13,17H,4,9,11-12H2,1-3H3. The zero-order valence-corrected chi connectivity index (χ0v) is 12.1. The van der Waals surface area contributed by atoms with Crippen LogP contribution in [0.25, 0.3) is 10.9 Å². The molecule has 0 aliphatic carbocycles. The average Bonchev–Trinajstić information content (AvgIpc) is 2.87. The van der Waals surface area contributed by atoms with Gasteiger partial charge in [-0.25, -0.2) is 0 Å². The van der Waals surface area contributed by atoms with E-state index in [1.54, 1.807) is 7.11 Å². The van der Waals surface area contributed by atoms with Gasteiger partial charge >= 0.3 is 0 Å². The SMILES string of the molecule is CCNCc1cccc2ccn(C(C)CCOC)c12. The van der Waals surface area contributed by atoms with Crippen molar-refractivity contribution >= 4 is 10.9 Å². The summed E-state index contributed by atoms with van der Waals surface area (Å²) >= 11 is 0. The summed E-state index contributed by atoms with van der Waals surface area (Å²) in [5.74, 6) is 0. The number of methoxy groups -OCH3 is 1. The highest BCUT2D eigenvalue weighted by molar-refractivity contribution is 5.83. The van der Waals surface area contributed by atoms with Crippen LogP contribution >= 0.6 is 0 Å². The molecule has 19 heavy (non-hydrogen) atoms. The maximum absolute atomic E-state index is 5.19. The van der Waals surface area contributed by atoms with Gasteiger partial charge in [-0.2, -0.15) is 0 Å². The minimum Gasteiger partial charge on any atom is -0.385 e. The van der Waals surface area contributed by atoms with Gasteiger partial charge in [-0.15, -0.1) is 0 Å². The third kappa shape index (κ3) is 3.17. The lowest BCUT2D eigenvalue weighted by molar-refractivity contribution is 0.181. The Balaban J connectivity index is 2.33. The molecular weight excluding hydrogens is 236 g/mol. The van der Waals surface area contributed by atoms with Crippen molar-refractivity contribution in [2.24, 2.45) is 0 Å². The summed E-state index contributed by atoms with van der Waals surface area (Å²) in [4.78, 5) is 0. The number of para-hydroxylation sites is 1. The molecule has 0 saturated heterocycles. The van der Waals surface area contributed by atoms with E-state index in [0.717, 1.165) is 26.1 Å². The molecule has 3 heteroatoms. The number of benzene rings is 1. The zero-order valence-electron chi connectivity index (χ0n) is 12.1. The fourth-order valence-electron chi connectivity index (χ4n) is 2.49. The molecule has 0 fully saturated rings. The van der Waals surface area contributed by atoms with E-state index in [-0.39, 0.29) is 0 Å². The zero-order chi connectivity index (χ0) is 13.7. The Morgan fingerprint density at radius 2 is 2.16 bits per heavy atom. The van der Waals surface area contributed by atoms with E-state index in [0.29, 0.717) is 6.04 Å². The van der Waals surface area contributed by atoms with Crippen LogP contribution in [0.2, 0.25) is 0 Å². The van der Waals surface area contributed by atoms with Gasteiger partial charge in [0.15, 0.2) is 0 Å². The maximum Gasteiger partial charge on any atom is 0.0528 e. The first kappa shape index (κ1) is 14.1. The molecule has 1 unspecified atom stereocenters. The van der Waals surface area contributed by atoms with E-state index in [1.807, 2.05) is 0 Å². The second kappa shape index (κ2) is 6.73. The molecule has 1 N–H and O–H groups in total. The molecular formula is C16H24N2O. The van der Waals surface area contributed by atoms with Gasteiger partial charge in [0.05, 0.1) is 5.52 Å². The van der Waals surface area contributed by atoms with Crippen LogP contribution in [-0.2, 0) is 11.3 Å². The number of fused-ring (bicyclic) bond motifs is 1. The normalized spacial score (nSPS) is 13.0. The quantitative estimate of drug-likeness (QED) is 0.826. The number of aromatic nitrogens is 1. The third-order valence-corrected chi connectivity index (χ3v) is 3.60. The number of nitrogens with one attached hydrogen (secondary N) is 1. The van der Waals surface area contributed by atoms with Crippen LogP contribution in [0.5, 0.6) is 0 Å². The lowest BCUT2D eigenvalue weighted by Crippen LogP contribution is -2.14. The lowest BCUT2D eigenvalue weighted by Gasteiger charge is -2.17. The van der Waals surface area contributed by atoms with Crippen molar-refractivity contribution in [1.29, 1.82) is 0 Å². The van der Waals surface area contributed by atoms with Gasteiger partial charge in [-0.1, -0.05) is 25.1 Å². The summed E-state index contributed by atoms with van der Waals surface area (Å²) in [5, 5.41) is 4.74. The number of hydrogen-bond donors (Lipinski definition) is 1. The lowest BCUT2D eigenvalue weighted by atomic mass is 10.1. The molecule has 0 bridgehead atoms. The molecule has 0 aliphatic rings. The number of ether oxygens (including phenoxy) is 1. The topological polar surface area (TPSA) is 26.2 Å². The van der Waals surface area contributed by atoms with Crippen molar-refractivity contribution in [1.82, 2.24) is 9.88 Å². The highest BCUT2D eigenvalue weighted by Crippen LogP contribution is 2.25. The minimum absolute atomic E-state index is 0.459. The monoisotopic (exact) mass is 260 g/mol. The van der Waals surface area contributed by atoms with Crippen molar-refractivity contribution in [2.45, 2.75) is 32.9 Å². The molecule has 3 nitrogen and oxygen atoms in total. The summed E-state index contributed by atoms with van der Waals surface area (Å²) in [6.07, 6.45) is 3.23. The minimum atomic E-state index is 0.459. The van der Waals surface area contributed by atoms with E-state index >= 15 is 0 Å². The summed E-state index contributed by atoms with van der Waals surface area (Å²) in [5.41, 5.74) is 2.72. The van der Waals surface area contributed by atoms with Crippen LogP contribution in [0.15, 0.2) is 30.5 Å². The smallest absolute Gasteiger partial charge is 0.0528 e. The molecule has 0 amide bonds. The largest absolute Gasteiger partial charge is 0.385 e. The summed E-state index contributed by atoms with van der Waals surface area (Å²) in [6.45, 7) is 7.12. The molecule has 1 aromatic heterocycles. The Morgan fingerprint density at radius 1 is 1.32 bits per heavy atom. The fraction of sp³-hybridized carbons (Fsp3) is 0.500. The summed E-state index contributed by atoms with van der Waals surface area (Å²) in [7, 11) is 1.76. The van der Waals surface area contributed by atoms with E-state index in [2.05, 4.69) is 54.2 Å². The van der Waals surface area contributed by atoms with Crippen LogP contribution in [0.1, 0.15) is 31.9 Å².